The van der Waals surface area contributed by atoms with E-state index in [-0.39, 0.29) is 11.9 Å². The number of carbonyl (C=O) groups excluding carboxylic acids is 1. The van der Waals surface area contributed by atoms with Gasteiger partial charge < -0.3 is 10.6 Å². The second-order valence-electron chi connectivity index (χ2n) is 4.03. The Bertz CT molecular complexity index is 524. The standard InChI is InChI=1S/C13H16N4OS/c1-3-14-10-4-5-11(16-8-10)12(18)17-9(2)13-15-6-7-19-13/h4-9,14H,3H2,1-2H3,(H,17,18). The van der Waals surface area contributed by atoms with Crippen molar-refractivity contribution in [2.24, 2.45) is 0 Å². The molecule has 0 saturated heterocycles. The summed E-state index contributed by atoms with van der Waals surface area (Å²) < 4.78 is 0. The summed E-state index contributed by atoms with van der Waals surface area (Å²) in [5.41, 5.74) is 1.32. The fourth-order valence-electron chi connectivity index (χ4n) is 1.62. The Morgan fingerprint density at radius 1 is 1.42 bits per heavy atom. The molecule has 5 nitrogen and oxygen atoms in total. The van der Waals surface area contributed by atoms with E-state index in [9.17, 15) is 4.79 Å². The van der Waals surface area contributed by atoms with Gasteiger partial charge in [0.15, 0.2) is 0 Å². The van der Waals surface area contributed by atoms with Crippen LogP contribution in [-0.2, 0) is 0 Å². The van der Waals surface area contributed by atoms with E-state index in [2.05, 4.69) is 20.6 Å². The van der Waals surface area contributed by atoms with Crippen LogP contribution in [0.1, 0.15) is 35.4 Å². The van der Waals surface area contributed by atoms with Crippen LogP contribution in [0, 0.1) is 0 Å². The molecule has 6 heteroatoms. The molecule has 0 aliphatic rings. The van der Waals surface area contributed by atoms with Gasteiger partial charge in [-0.05, 0) is 26.0 Å². The van der Waals surface area contributed by atoms with Crippen molar-refractivity contribution in [3.8, 4) is 0 Å². The molecule has 2 rings (SSSR count). The Hall–Kier alpha value is -1.95. The van der Waals surface area contributed by atoms with Crippen molar-refractivity contribution in [2.75, 3.05) is 11.9 Å². The summed E-state index contributed by atoms with van der Waals surface area (Å²) in [7, 11) is 0. The lowest BCUT2D eigenvalue weighted by Crippen LogP contribution is -2.27. The van der Waals surface area contributed by atoms with Gasteiger partial charge in [0.05, 0.1) is 17.9 Å². The number of nitrogens with zero attached hydrogens (tertiary/aromatic N) is 2. The predicted molar refractivity (Wildman–Crippen MR) is 76.4 cm³/mol. The highest BCUT2D eigenvalue weighted by molar-refractivity contribution is 7.09. The lowest BCUT2D eigenvalue weighted by molar-refractivity contribution is 0.0935. The molecule has 2 aromatic heterocycles. The van der Waals surface area contributed by atoms with Crippen molar-refractivity contribution in [3.63, 3.8) is 0 Å². The minimum absolute atomic E-state index is 0.109. The summed E-state index contributed by atoms with van der Waals surface area (Å²) in [6.07, 6.45) is 3.39. The van der Waals surface area contributed by atoms with Gasteiger partial charge in [0.1, 0.15) is 10.7 Å². The van der Waals surface area contributed by atoms with Crippen molar-refractivity contribution in [1.82, 2.24) is 15.3 Å². The zero-order valence-electron chi connectivity index (χ0n) is 10.9. The first kappa shape index (κ1) is 13.5. The van der Waals surface area contributed by atoms with Gasteiger partial charge >= 0.3 is 0 Å². The average molecular weight is 276 g/mol. The van der Waals surface area contributed by atoms with Gasteiger partial charge in [0.25, 0.3) is 5.91 Å². The zero-order valence-corrected chi connectivity index (χ0v) is 11.7. The molecule has 2 heterocycles. The quantitative estimate of drug-likeness (QED) is 0.880. The summed E-state index contributed by atoms with van der Waals surface area (Å²) >= 11 is 1.52. The summed E-state index contributed by atoms with van der Waals surface area (Å²) in [6, 6.07) is 3.45. The monoisotopic (exact) mass is 276 g/mol. The van der Waals surface area contributed by atoms with Crippen LogP contribution in [0.5, 0.6) is 0 Å². The summed E-state index contributed by atoms with van der Waals surface area (Å²) in [5.74, 6) is -0.189. The Morgan fingerprint density at radius 2 is 2.26 bits per heavy atom. The minimum Gasteiger partial charge on any atom is -0.384 e. The predicted octanol–water partition coefficient (Wildman–Crippen LogP) is 2.46. The van der Waals surface area contributed by atoms with Crippen LogP contribution < -0.4 is 10.6 Å². The van der Waals surface area contributed by atoms with E-state index in [1.165, 1.54) is 11.3 Å². The Labute approximate surface area is 116 Å². The normalized spacial score (nSPS) is 11.9. The zero-order chi connectivity index (χ0) is 13.7. The van der Waals surface area contributed by atoms with Gasteiger partial charge in [0, 0.05) is 18.1 Å². The lowest BCUT2D eigenvalue weighted by atomic mass is 10.3. The molecule has 0 saturated carbocycles. The van der Waals surface area contributed by atoms with Crippen molar-refractivity contribution < 1.29 is 4.79 Å². The van der Waals surface area contributed by atoms with Gasteiger partial charge in [-0.1, -0.05) is 0 Å². The van der Waals surface area contributed by atoms with Crippen LogP contribution in [0.25, 0.3) is 0 Å². The van der Waals surface area contributed by atoms with Gasteiger partial charge in [-0.15, -0.1) is 11.3 Å². The van der Waals surface area contributed by atoms with Gasteiger partial charge in [-0.25, -0.2) is 9.97 Å². The molecule has 0 radical (unpaired) electrons. The molecule has 2 N–H and O–H groups in total. The van der Waals surface area contributed by atoms with Crippen LogP contribution in [0.4, 0.5) is 5.69 Å². The Kier molecular flexibility index (Phi) is 4.46. The van der Waals surface area contributed by atoms with E-state index in [4.69, 9.17) is 0 Å². The molecule has 1 atom stereocenters. The molecule has 0 bridgehead atoms. The number of hydrogen-bond donors (Lipinski definition) is 2. The van der Waals surface area contributed by atoms with Crippen LogP contribution >= 0.6 is 11.3 Å². The molecule has 0 fully saturated rings. The summed E-state index contributed by atoms with van der Waals surface area (Å²) in [5, 5.41) is 8.79. The first-order valence-electron chi connectivity index (χ1n) is 6.11. The number of nitrogens with one attached hydrogen (secondary N) is 2. The first-order chi connectivity index (χ1) is 9.20. The smallest absolute Gasteiger partial charge is 0.270 e. The Morgan fingerprint density at radius 3 is 2.84 bits per heavy atom. The van der Waals surface area contributed by atoms with E-state index in [1.54, 1.807) is 18.5 Å². The maximum Gasteiger partial charge on any atom is 0.270 e. The summed E-state index contributed by atoms with van der Waals surface area (Å²) in [4.78, 5) is 20.3. The lowest BCUT2D eigenvalue weighted by Gasteiger charge is -2.11. The third-order valence-electron chi connectivity index (χ3n) is 2.55. The van der Waals surface area contributed by atoms with E-state index in [1.807, 2.05) is 25.3 Å². The second kappa shape index (κ2) is 6.29. The minimum atomic E-state index is -0.189. The molecule has 0 aliphatic carbocycles. The third-order valence-corrected chi connectivity index (χ3v) is 3.50. The first-order valence-corrected chi connectivity index (χ1v) is 6.99. The highest BCUT2D eigenvalue weighted by atomic mass is 32.1. The number of anilines is 1. The van der Waals surface area contributed by atoms with Crippen molar-refractivity contribution >= 4 is 22.9 Å². The molecule has 0 aliphatic heterocycles. The molecule has 1 unspecified atom stereocenters. The SMILES string of the molecule is CCNc1ccc(C(=O)NC(C)c2nccs2)nc1. The summed E-state index contributed by atoms with van der Waals surface area (Å²) in [6.45, 7) is 4.74. The fourth-order valence-corrected chi connectivity index (χ4v) is 2.26. The highest BCUT2D eigenvalue weighted by Gasteiger charge is 2.13. The molecule has 19 heavy (non-hydrogen) atoms. The molecule has 2 aromatic rings. The number of carbonyl (C=O) groups is 1. The Balaban J connectivity index is 1.99. The number of hydrogen-bond acceptors (Lipinski definition) is 5. The van der Waals surface area contributed by atoms with E-state index < -0.39 is 0 Å². The van der Waals surface area contributed by atoms with Crippen molar-refractivity contribution in [2.45, 2.75) is 19.9 Å². The number of aromatic nitrogens is 2. The molecular weight excluding hydrogens is 260 g/mol. The molecule has 0 spiro atoms. The van der Waals surface area contributed by atoms with E-state index in [0.29, 0.717) is 5.69 Å². The van der Waals surface area contributed by atoms with Crippen LogP contribution in [0.3, 0.4) is 0 Å². The van der Waals surface area contributed by atoms with Crippen LogP contribution in [-0.4, -0.2) is 22.4 Å². The molecule has 1 amide bonds. The van der Waals surface area contributed by atoms with Gasteiger partial charge in [0.2, 0.25) is 0 Å². The van der Waals surface area contributed by atoms with Gasteiger partial charge in [-0.3, -0.25) is 4.79 Å². The number of amides is 1. The number of thiazole rings is 1. The van der Waals surface area contributed by atoms with Crippen LogP contribution in [0.2, 0.25) is 0 Å². The average Bonchev–Trinajstić information content (AvgIpc) is 2.94. The molecule has 100 valence electrons. The maximum atomic E-state index is 12.0. The largest absolute Gasteiger partial charge is 0.384 e. The van der Waals surface area contributed by atoms with Crippen LogP contribution in [0.15, 0.2) is 29.9 Å². The molecule has 0 aromatic carbocycles. The number of pyridine rings is 1. The fraction of sp³-hybridized carbons (Fsp3) is 0.308. The van der Waals surface area contributed by atoms with Crippen molar-refractivity contribution in [1.29, 1.82) is 0 Å². The molecular formula is C13H16N4OS. The second-order valence-corrected chi connectivity index (χ2v) is 4.95. The van der Waals surface area contributed by atoms with Gasteiger partial charge in [-0.2, -0.15) is 0 Å². The maximum absolute atomic E-state index is 12.0. The van der Waals surface area contributed by atoms with E-state index in [0.717, 1.165) is 17.2 Å². The van der Waals surface area contributed by atoms with Crippen molar-refractivity contribution in [3.05, 3.63) is 40.6 Å². The van der Waals surface area contributed by atoms with E-state index >= 15 is 0 Å². The third kappa shape index (κ3) is 3.51. The highest BCUT2D eigenvalue weighted by Crippen LogP contribution is 2.15. The topological polar surface area (TPSA) is 66.9 Å². The number of rotatable bonds is 5.